The number of nitrogens with zero attached hydrogens (tertiary/aromatic N) is 1. The lowest BCUT2D eigenvalue weighted by atomic mass is 9.99. The molecule has 0 aliphatic heterocycles. The first-order valence-electron chi connectivity index (χ1n) is 4.24. The van der Waals surface area contributed by atoms with Gasteiger partial charge in [-0.25, -0.2) is 0 Å². The van der Waals surface area contributed by atoms with Crippen molar-refractivity contribution in [2.75, 3.05) is 7.05 Å². The van der Waals surface area contributed by atoms with E-state index in [-0.39, 0.29) is 0 Å². The van der Waals surface area contributed by atoms with Crippen LogP contribution in [0.1, 0.15) is 16.7 Å². The standard InChI is InChI=1S/C11H14N2/c1-8-5-4-6-9(2)11(8)10(12)7-13-3/h4-7,12H,1-3H3/b12-10?,13-7-. The lowest BCUT2D eigenvalue weighted by molar-refractivity contribution is 1.34. The molecule has 0 saturated heterocycles. The third kappa shape index (κ3) is 2.02. The average molecular weight is 174 g/mol. The number of rotatable bonds is 2. The third-order valence-corrected chi connectivity index (χ3v) is 2.01. The van der Waals surface area contributed by atoms with Gasteiger partial charge in [0.2, 0.25) is 0 Å². The molecule has 0 spiro atoms. The van der Waals surface area contributed by atoms with Gasteiger partial charge in [-0.2, -0.15) is 0 Å². The fourth-order valence-electron chi connectivity index (χ4n) is 1.43. The molecule has 0 unspecified atom stereocenters. The van der Waals surface area contributed by atoms with Crippen LogP contribution in [0.5, 0.6) is 0 Å². The summed E-state index contributed by atoms with van der Waals surface area (Å²) in [6.07, 6.45) is 1.58. The van der Waals surface area contributed by atoms with Crippen LogP contribution in [-0.2, 0) is 0 Å². The van der Waals surface area contributed by atoms with Gasteiger partial charge in [-0.1, -0.05) is 18.2 Å². The van der Waals surface area contributed by atoms with Crippen LogP contribution >= 0.6 is 0 Å². The van der Waals surface area contributed by atoms with Crippen LogP contribution in [0.2, 0.25) is 0 Å². The zero-order chi connectivity index (χ0) is 9.84. The summed E-state index contributed by atoms with van der Waals surface area (Å²) in [7, 11) is 1.68. The molecule has 2 heteroatoms. The second-order valence-corrected chi connectivity index (χ2v) is 3.07. The van der Waals surface area contributed by atoms with Gasteiger partial charge in [-0.3, -0.25) is 10.4 Å². The Bertz CT molecular complexity index is 331. The Labute approximate surface area is 78.8 Å². The van der Waals surface area contributed by atoms with Crippen LogP contribution in [0.4, 0.5) is 0 Å². The molecule has 1 N–H and O–H groups in total. The Hall–Kier alpha value is -1.44. The average Bonchev–Trinajstić information content (AvgIpc) is 2.04. The molecule has 2 nitrogen and oxygen atoms in total. The molecule has 1 aromatic carbocycles. The molecule has 0 aromatic heterocycles. The minimum absolute atomic E-state index is 0.484. The number of hydrogen-bond acceptors (Lipinski definition) is 2. The topological polar surface area (TPSA) is 36.2 Å². The highest BCUT2D eigenvalue weighted by atomic mass is 14.7. The van der Waals surface area contributed by atoms with Gasteiger partial charge in [0.25, 0.3) is 0 Å². The number of aryl methyl sites for hydroxylation is 2. The van der Waals surface area contributed by atoms with Gasteiger partial charge in [-0.05, 0) is 25.0 Å². The van der Waals surface area contributed by atoms with E-state index in [0.29, 0.717) is 5.71 Å². The first-order chi connectivity index (χ1) is 6.16. The summed E-state index contributed by atoms with van der Waals surface area (Å²) in [6.45, 7) is 4.03. The van der Waals surface area contributed by atoms with Crippen molar-refractivity contribution < 1.29 is 0 Å². The maximum Gasteiger partial charge on any atom is 0.0795 e. The van der Waals surface area contributed by atoms with Crippen molar-refractivity contribution in [1.29, 1.82) is 5.41 Å². The van der Waals surface area contributed by atoms with Gasteiger partial charge in [-0.15, -0.1) is 0 Å². The fraction of sp³-hybridized carbons (Fsp3) is 0.273. The summed E-state index contributed by atoms with van der Waals surface area (Å²) in [5.74, 6) is 0. The van der Waals surface area contributed by atoms with Gasteiger partial charge >= 0.3 is 0 Å². The number of aliphatic imine (C=N–C) groups is 1. The maximum atomic E-state index is 7.76. The molecule has 0 atom stereocenters. The summed E-state index contributed by atoms with van der Waals surface area (Å²) in [6, 6.07) is 6.03. The Kier molecular flexibility index (Phi) is 2.96. The highest BCUT2D eigenvalue weighted by Crippen LogP contribution is 2.12. The maximum absolute atomic E-state index is 7.76. The Morgan fingerprint density at radius 3 is 2.31 bits per heavy atom. The monoisotopic (exact) mass is 174 g/mol. The molecule has 0 bridgehead atoms. The molecule has 0 fully saturated rings. The van der Waals surface area contributed by atoms with E-state index in [0.717, 1.165) is 16.7 Å². The second kappa shape index (κ2) is 3.99. The molecule has 1 rings (SSSR count). The van der Waals surface area contributed by atoms with E-state index in [9.17, 15) is 0 Å². The van der Waals surface area contributed by atoms with Gasteiger partial charge in [0.1, 0.15) is 0 Å². The summed E-state index contributed by atoms with van der Waals surface area (Å²) in [5.41, 5.74) is 3.74. The largest absolute Gasteiger partial charge is 0.299 e. The molecular weight excluding hydrogens is 160 g/mol. The van der Waals surface area contributed by atoms with E-state index >= 15 is 0 Å². The van der Waals surface area contributed by atoms with Crippen molar-refractivity contribution in [3.63, 3.8) is 0 Å². The van der Waals surface area contributed by atoms with Crippen molar-refractivity contribution >= 4 is 11.9 Å². The van der Waals surface area contributed by atoms with Crippen molar-refractivity contribution in [3.8, 4) is 0 Å². The lowest BCUT2D eigenvalue weighted by Crippen LogP contribution is -2.05. The number of hydrogen-bond donors (Lipinski definition) is 1. The van der Waals surface area contributed by atoms with Crippen LogP contribution in [-0.4, -0.2) is 19.0 Å². The van der Waals surface area contributed by atoms with Crippen molar-refractivity contribution in [2.24, 2.45) is 4.99 Å². The molecule has 0 radical (unpaired) electrons. The van der Waals surface area contributed by atoms with E-state index in [1.54, 1.807) is 13.3 Å². The van der Waals surface area contributed by atoms with Crippen molar-refractivity contribution in [2.45, 2.75) is 13.8 Å². The predicted molar refractivity (Wildman–Crippen MR) is 57.2 cm³/mol. The number of nitrogens with one attached hydrogen (secondary N) is 1. The van der Waals surface area contributed by atoms with Gasteiger partial charge in [0.05, 0.1) is 5.71 Å². The quantitative estimate of drug-likeness (QED) is 0.668. The lowest BCUT2D eigenvalue weighted by Gasteiger charge is -2.06. The molecule has 0 amide bonds. The zero-order valence-corrected chi connectivity index (χ0v) is 8.26. The van der Waals surface area contributed by atoms with Crippen LogP contribution in [0.3, 0.4) is 0 Å². The summed E-state index contributed by atoms with van der Waals surface area (Å²) in [4.78, 5) is 3.84. The van der Waals surface area contributed by atoms with Gasteiger partial charge < -0.3 is 0 Å². The van der Waals surface area contributed by atoms with E-state index in [1.807, 2.05) is 32.0 Å². The van der Waals surface area contributed by atoms with Crippen molar-refractivity contribution in [3.05, 3.63) is 34.9 Å². The van der Waals surface area contributed by atoms with Crippen LogP contribution in [0.25, 0.3) is 0 Å². The van der Waals surface area contributed by atoms with Crippen LogP contribution < -0.4 is 0 Å². The van der Waals surface area contributed by atoms with Gasteiger partial charge in [0, 0.05) is 18.8 Å². The molecule has 0 aliphatic rings. The summed E-state index contributed by atoms with van der Waals surface area (Å²) in [5, 5.41) is 7.76. The first kappa shape index (κ1) is 9.65. The predicted octanol–water partition coefficient (Wildman–Crippen LogP) is 2.37. The summed E-state index contributed by atoms with van der Waals surface area (Å²) < 4.78 is 0. The van der Waals surface area contributed by atoms with Crippen molar-refractivity contribution in [1.82, 2.24) is 0 Å². The first-order valence-corrected chi connectivity index (χ1v) is 4.24. The molecule has 0 heterocycles. The third-order valence-electron chi connectivity index (χ3n) is 2.01. The van der Waals surface area contributed by atoms with E-state index in [2.05, 4.69) is 4.99 Å². The molecule has 0 saturated carbocycles. The highest BCUT2D eigenvalue weighted by Gasteiger charge is 2.04. The Balaban J connectivity index is 3.20. The normalized spacial score (nSPS) is 10.7. The van der Waals surface area contributed by atoms with Crippen LogP contribution in [0, 0.1) is 19.3 Å². The zero-order valence-electron chi connectivity index (χ0n) is 8.26. The fourth-order valence-corrected chi connectivity index (χ4v) is 1.43. The second-order valence-electron chi connectivity index (χ2n) is 3.07. The molecule has 13 heavy (non-hydrogen) atoms. The Morgan fingerprint density at radius 1 is 1.31 bits per heavy atom. The van der Waals surface area contributed by atoms with Crippen LogP contribution in [0.15, 0.2) is 23.2 Å². The smallest absolute Gasteiger partial charge is 0.0795 e. The molecule has 0 aliphatic carbocycles. The van der Waals surface area contributed by atoms with E-state index in [4.69, 9.17) is 5.41 Å². The van der Waals surface area contributed by atoms with E-state index < -0.39 is 0 Å². The van der Waals surface area contributed by atoms with E-state index in [1.165, 1.54) is 0 Å². The molecule has 68 valence electrons. The Morgan fingerprint density at radius 2 is 1.85 bits per heavy atom. The highest BCUT2D eigenvalue weighted by molar-refractivity contribution is 6.37. The minimum Gasteiger partial charge on any atom is -0.299 e. The minimum atomic E-state index is 0.484. The molecular formula is C11H14N2. The summed E-state index contributed by atoms with van der Waals surface area (Å²) >= 11 is 0. The molecule has 1 aromatic rings. The number of benzene rings is 1. The van der Waals surface area contributed by atoms with Gasteiger partial charge in [0.15, 0.2) is 0 Å². The SMILES string of the molecule is C/N=C\C(=N)c1c(C)cccc1C.